The lowest BCUT2D eigenvalue weighted by Crippen LogP contribution is -2.55. The van der Waals surface area contributed by atoms with Crippen molar-refractivity contribution in [3.8, 4) is 0 Å². The Kier molecular flexibility index (Phi) is 2.41. The molecule has 0 radical (unpaired) electrons. The van der Waals surface area contributed by atoms with Gasteiger partial charge in [-0.15, -0.1) is 0 Å². The van der Waals surface area contributed by atoms with Gasteiger partial charge in [-0.2, -0.15) is 0 Å². The van der Waals surface area contributed by atoms with Crippen molar-refractivity contribution in [2.24, 2.45) is 0 Å². The zero-order valence-electron chi connectivity index (χ0n) is 9.42. The first-order chi connectivity index (χ1) is 8.66. The van der Waals surface area contributed by atoms with E-state index in [1.807, 2.05) is 4.90 Å². The number of nitrogens with one attached hydrogen (secondary N) is 1. The number of carboxylic acids is 1. The second-order valence-electron chi connectivity index (χ2n) is 4.17. The Bertz CT molecular complexity index is 531. The zero-order valence-corrected chi connectivity index (χ0v) is 9.42. The molecule has 0 bridgehead atoms. The van der Waals surface area contributed by atoms with Gasteiger partial charge < -0.3 is 20.1 Å². The minimum atomic E-state index is -1.07. The summed E-state index contributed by atoms with van der Waals surface area (Å²) in [5.74, 6) is -0.650. The standard InChI is InChI=1S/C11H11N3O4/c15-10-8-5-18-2-1-14(8)9-7(13-10)3-6(4-12-9)11(16)17/h3-4,8H,1-2,5H2,(H,13,15)(H,16,17). The predicted octanol–water partition coefficient (Wildman–Crippen LogP) is -0.0629. The lowest BCUT2D eigenvalue weighted by atomic mass is 10.1. The fraction of sp³-hybridized carbons (Fsp3) is 0.364. The largest absolute Gasteiger partial charge is 0.478 e. The van der Waals surface area contributed by atoms with Crippen LogP contribution in [0.5, 0.6) is 0 Å². The van der Waals surface area contributed by atoms with Crippen LogP contribution in [0.25, 0.3) is 0 Å². The molecule has 2 aliphatic heterocycles. The second-order valence-corrected chi connectivity index (χ2v) is 4.17. The van der Waals surface area contributed by atoms with Crippen LogP contribution >= 0.6 is 0 Å². The third-order valence-corrected chi connectivity index (χ3v) is 3.07. The van der Waals surface area contributed by atoms with Gasteiger partial charge in [-0.3, -0.25) is 4.79 Å². The van der Waals surface area contributed by atoms with Gasteiger partial charge in [-0.25, -0.2) is 9.78 Å². The molecule has 1 aromatic heterocycles. The van der Waals surface area contributed by atoms with Gasteiger partial charge in [0.1, 0.15) is 6.04 Å². The van der Waals surface area contributed by atoms with Crippen LogP contribution in [0.1, 0.15) is 10.4 Å². The zero-order chi connectivity index (χ0) is 12.7. The van der Waals surface area contributed by atoms with Crippen molar-refractivity contribution in [2.75, 3.05) is 30.0 Å². The minimum Gasteiger partial charge on any atom is -0.478 e. The Morgan fingerprint density at radius 3 is 3.22 bits per heavy atom. The van der Waals surface area contributed by atoms with Crippen LogP contribution in [0, 0.1) is 0 Å². The highest BCUT2D eigenvalue weighted by Crippen LogP contribution is 2.31. The molecule has 1 fully saturated rings. The number of aromatic carboxylic acids is 1. The number of aromatic nitrogens is 1. The molecule has 1 atom stereocenters. The first-order valence-electron chi connectivity index (χ1n) is 5.55. The average molecular weight is 249 g/mol. The normalized spacial score (nSPS) is 21.9. The van der Waals surface area contributed by atoms with E-state index in [2.05, 4.69) is 10.3 Å². The summed E-state index contributed by atoms with van der Waals surface area (Å²) >= 11 is 0. The molecule has 3 heterocycles. The van der Waals surface area contributed by atoms with Gasteiger partial charge >= 0.3 is 5.97 Å². The highest BCUT2D eigenvalue weighted by atomic mass is 16.5. The smallest absolute Gasteiger partial charge is 0.337 e. The maximum atomic E-state index is 11.9. The lowest BCUT2D eigenvalue weighted by molar-refractivity contribution is -0.120. The molecule has 18 heavy (non-hydrogen) atoms. The summed E-state index contributed by atoms with van der Waals surface area (Å²) in [6.07, 6.45) is 1.30. The number of carbonyl (C=O) groups is 2. The molecule has 3 rings (SSSR count). The summed E-state index contributed by atoms with van der Waals surface area (Å²) in [6.45, 7) is 1.43. The van der Waals surface area contributed by atoms with Crippen LogP contribution in [0.15, 0.2) is 12.3 Å². The van der Waals surface area contributed by atoms with Gasteiger partial charge in [-0.05, 0) is 6.07 Å². The topological polar surface area (TPSA) is 91.8 Å². The molecule has 0 aliphatic carbocycles. The van der Waals surface area contributed by atoms with Gasteiger partial charge in [0.25, 0.3) is 0 Å². The number of carbonyl (C=O) groups excluding carboxylic acids is 1. The molecular formula is C11H11N3O4. The van der Waals surface area contributed by atoms with Gasteiger partial charge in [0, 0.05) is 12.7 Å². The van der Waals surface area contributed by atoms with Gasteiger partial charge in [0.2, 0.25) is 5.91 Å². The van der Waals surface area contributed by atoms with Crippen molar-refractivity contribution in [1.29, 1.82) is 0 Å². The van der Waals surface area contributed by atoms with Crippen molar-refractivity contribution in [1.82, 2.24) is 4.98 Å². The van der Waals surface area contributed by atoms with Crippen LogP contribution in [0.4, 0.5) is 11.5 Å². The van der Waals surface area contributed by atoms with Gasteiger partial charge in [0.05, 0.1) is 24.5 Å². The van der Waals surface area contributed by atoms with E-state index in [1.165, 1.54) is 12.3 Å². The Morgan fingerprint density at radius 2 is 2.44 bits per heavy atom. The van der Waals surface area contributed by atoms with E-state index >= 15 is 0 Å². The first-order valence-corrected chi connectivity index (χ1v) is 5.55. The van der Waals surface area contributed by atoms with Crippen molar-refractivity contribution >= 4 is 23.4 Å². The van der Waals surface area contributed by atoms with E-state index < -0.39 is 5.97 Å². The van der Waals surface area contributed by atoms with Gasteiger partial charge in [0.15, 0.2) is 5.82 Å². The molecule has 2 N–H and O–H groups in total. The number of nitrogens with zero attached hydrogens (tertiary/aromatic N) is 2. The first kappa shape index (κ1) is 11.0. The number of morpholine rings is 1. The maximum Gasteiger partial charge on any atom is 0.337 e. The molecule has 7 heteroatoms. The number of fused-ring (bicyclic) bond motifs is 3. The van der Waals surface area contributed by atoms with Gasteiger partial charge in [-0.1, -0.05) is 0 Å². The van der Waals surface area contributed by atoms with Crippen LogP contribution in [-0.4, -0.2) is 47.8 Å². The number of amides is 1. The summed E-state index contributed by atoms with van der Waals surface area (Å²) in [5.41, 5.74) is 0.499. The predicted molar refractivity (Wildman–Crippen MR) is 61.8 cm³/mol. The number of anilines is 2. The Morgan fingerprint density at radius 1 is 1.61 bits per heavy atom. The second kappa shape index (κ2) is 3.95. The molecule has 0 aromatic carbocycles. The molecular weight excluding hydrogens is 238 g/mol. The van der Waals surface area contributed by atoms with E-state index in [-0.39, 0.29) is 17.5 Å². The van der Waals surface area contributed by atoms with Crippen LogP contribution in [-0.2, 0) is 9.53 Å². The van der Waals surface area contributed by atoms with Crippen molar-refractivity contribution in [2.45, 2.75) is 6.04 Å². The van der Waals surface area contributed by atoms with E-state index in [0.717, 1.165) is 0 Å². The molecule has 1 saturated heterocycles. The van der Waals surface area contributed by atoms with E-state index in [4.69, 9.17) is 9.84 Å². The SMILES string of the molecule is O=C(O)c1cnc2c(c1)NC(=O)C1COCCN21. The quantitative estimate of drug-likeness (QED) is 0.724. The molecule has 1 aromatic rings. The fourth-order valence-corrected chi connectivity index (χ4v) is 2.19. The maximum absolute atomic E-state index is 11.9. The molecule has 94 valence electrons. The monoisotopic (exact) mass is 249 g/mol. The van der Waals surface area contributed by atoms with Crippen LogP contribution in [0.2, 0.25) is 0 Å². The molecule has 0 spiro atoms. The summed E-state index contributed by atoms with van der Waals surface area (Å²) < 4.78 is 5.26. The van der Waals surface area contributed by atoms with Crippen molar-refractivity contribution in [3.63, 3.8) is 0 Å². The number of hydrogen-bond acceptors (Lipinski definition) is 5. The molecule has 0 saturated carbocycles. The minimum absolute atomic E-state index is 0.0563. The van der Waals surface area contributed by atoms with E-state index in [9.17, 15) is 9.59 Å². The summed E-state index contributed by atoms with van der Waals surface area (Å²) in [4.78, 5) is 28.7. The molecule has 7 nitrogen and oxygen atoms in total. The Hall–Kier alpha value is -2.15. The van der Waals surface area contributed by atoms with Crippen LogP contribution < -0.4 is 10.2 Å². The number of pyridine rings is 1. The fourth-order valence-electron chi connectivity index (χ4n) is 2.19. The van der Waals surface area contributed by atoms with E-state index in [0.29, 0.717) is 31.3 Å². The highest BCUT2D eigenvalue weighted by Gasteiger charge is 2.36. The highest BCUT2D eigenvalue weighted by molar-refractivity contribution is 6.04. The van der Waals surface area contributed by atoms with Crippen molar-refractivity contribution in [3.05, 3.63) is 17.8 Å². The third kappa shape index (κ3) is 1.60. The Labute approximate surface area is 102 Å². The number of carboxylic acid groups (broad SMARTS) is 1. The van der Waals surface area contributed by atoms with E-state index in [1.54, 1.807) is 0 Å². The van der Waals surface area contributed by atoms with Crippen molar-refractivity contribution < 1.29 is 19.4 Å². The molecule has 2 aliphatic rings. The summed E-state index contributed by atoms with van der Waals surface area (Å²) in [5, 5.41) is 11.6. The summed E-state index contributed by atoms with van der Waals surface area (Å²) in [6, 6.07) is 1.04. The Balaban J connectivity index is 2.04. The molecule has 1 unspecified atom stereocenters. The number of ether oxygens (including phenoxy) is 1. The third-order valence-electron chi connectivity index (χ3n) is 3.07. The molecule has 1 amide bonds. The number of rotatable bonds is 1. The number of hydrogen-bond donors (Lipinski definition) is 2. The lowest BCUT2D eigenvalue weighted by Gasteiger charge is -2.39. The summed E-state index contributed by atoms with van der Waals surface area (Å²) in [7, 11) is 0. The van der Waals surface area contributed by atoms with Crippen LogP contribution in [0.3, 0.4) is 0 Å². The average Bonchev–Trinajstić information content (AvgIpc) is 2.38.